The maximum Gasteiger partial charge on any atom is 0.411 e. The fourth-order valence-electron chi connectivity index (χ4n) is 2.69. The fourth-order valence-corrected chi connectivity index (χ4v) is 2.69. The molecule has 0 atom stereocenters. The first-order valence-corrected chi connectivity index (χ1v) is 7.69. The van der Waals surface area contributed by atoms with Gasteiger partial charge < -0.3 is 15.4 Å². The third kappa shape index (κ3) is 3.91. The smallest absolute Gasteiger partial charge is 0.411 e. The van der Waals surface area contributed by atoms with E-state index >= 15 is 0 Å². The summed E-state index contributed by atoms with van der Waals surface area (Å²) in [5.74, 6) is 0. The molecule has 3 N–H and O–H groups in total. The van der Waals surface area contributed by atoms with E-state index in [4.69, 9.17) is 10.5 Å². The topological polar surface area (TPSA) is 80.5 Å². The summed E-state index contributed by atoms with van der Waals surface area (Å²) in [6, 6.07) is 11.1. The van der Waals surface area contributed by atoms with Crippen LogP contribution in [0, 0.1) is 0 Å². The third-order valence-electron chi connectivity index (χ3n) is 3.94. The first kappa shape index (κ1) is 15.1. The monoisotopic (exact) mass is 312 g/mol. The molecule has 1 amide bonds. The summed E-state index contributed by atoms with van der Waals surface area (Å²) in [7, 11) is 0. The molecule has 0 unspecified atom stereocenters. The minimum atomic E-state index is -0.453. The van der Waals surface area contributed by atoms with Crippen LogP contribution in [0.25, 0.3) is 0 Å². The summed E-state index contributed by atoms with van der Waals surface area (Å²) in [4.78, 5) is 18.3. The second-order valence-corrected chi connectivity index (χ2v) is 5.51. The number of amides is 1. The second-order valence-electron chi connectivity index (χ2n) is 5.51. The predicted molar refractivity (Wildman–Crippen MR) is 90.4 cm³/mol. The third-order valence-corrected chi connectivity index (χ3v) is 3.94. The minimum absolute atomic E-state index is 0.0713. The number of carbonyl (C=O) groups is 1. The summed E-state index contributed by atoms with van der Waals surface area (Å²) in [5, 5.41) is 2.69. The molecule has 1 aliphatic heterocycles. The Labute approximate surface area is 135 Å². The molecule has 23 heavy (non-hydrogen) atoms. The number of piperidine rings is 1. The van der Waals surface area contributed by atoms with Gasteiger partial charge >= 0.3 is 6.09 Å². The SMILES string of the molecule is Nc1ccccc1NC(=O)OC1CCN(c2ccncc2)CC1. The number of carbonyl (C=O) groups excluding carboxylic acids is 1. The number of rotatable bonds is 3. The van der Waals surface area contributed by atoms with Gasteiger partial charge in [-0.2, -0.15) is 0 Å². The van der Waals surface area contributed by atoms with E-state index in [1.807, 2.05) is 24.3 Å². The number of anilines is 3. The van der Waals surface area contributed by atoms with Gasteiger partial charge in [0.25, 0.3) is 0 Å². The number of hydrogen-bond donors (Lipinski definition) is 2. The van der Waals surface area contributed by atoms with E-state index < -0.39 is 6.09 Å². The number of aromatic nitrogens is 1. The van der Waals surface area contributed by atoms with Gasteiger partial charge in [0, 0.05) is 44.0 Å². The highest BCUT2D eigenvalue weighted by atomic mass is 16.6. The lowest BCUT2D eigenvalue weighted by atomic mass is 10.1. The van der Waals surface area contributed by atoms with Crippen LogP contribution in [0.1, 0.15) is 12.8 Å². The molecule has 6 heteroatoms. The number of para-hydroxylation sites is 2. The Morgan fingerprint density at radius 2 is 1.87 bits per heavy atom. The zero-order valence-corrected chi connectivity index (χ0v) is 12.8. The lowest BCUT2D eigenvalue weighted by Crippen LogP contribution is -2.38. The number of benzene rings is 1. The van der Waals surface area contributed by atoms with Crippen LogP contribution in [0.5, 0.6) is 0 Å². The maximum absolute atomic E-state index is 12.0. The van der Waals surface area contributed by atoms with Gasteiger partial charge in [0.2, 0.25) is 0 Å². The first-order chi connectivity index (χ1) is 11.2. The van der Waals surface area contributed by atoms with Crippen LogP contribution >= 0.6 is 0 Å². The van der Waals surface area contributed by atoms with Gasteiger partial charge in [-0.15, -0.1) is 0 Å². The molecule has 1 saturated heterocycles. The molecule has 0 bridgehead atoms. The van der Waals surface area contributed by atoms with Crippen LogP contribution < -0.4 is 16.0 Å². The number of nitrogens with zero attached hydrogens (tertiary/aromatic N) is 2. The number of hydrogen-bond acceptors (Lipinski definition) is 5. The highest BCUT2D eigenvalue weighted by Crippen LogP contribution is 2.22. The average Bonchev–Trinajstić information content (AvgIpc) is 2.58. The van der Waals surface area contributed by atoms with Crippen molar-refractivity contribution in [1.29, 1.82) is 0 Å². The molecule has 1 aliphatic rings. The van der Waals surface area contributed by atoms with E-state index in [-0.39, 0.29) is 6.10 Å². The van der Waals surface area contributed by atoms with Crippen LogP contribution in [-0.4, -0.2) is 30.3 Å². The molecule has 3 rings (SSSR count). The minimum Gasteiger partial charge on any atom is -0.446 e. The Morgan fingerprint density at radius 3 is 2.57 bits per heavy atom. The van der Waals surface area contributed by atoms with Gasteiger partial charge in [-0.1, -0.05) is 12.1 Å². The van der Waals surface area contributed by atoms with Gasteiger partial charge in [0.15, 0.2) is 0 Å². The summed E-state index contributed by atoms with van der Waals surface area (Å²) in [6.45, 7) is 1.71. The van der Waals surface area contributed by atoms with Crippen molar-refractivity contribution in [2.75, 3.05) is 29.0 Å². The van der Waals surface area contributed by atoms with Crippen LogP contribution in [-0.2, 0) is 4.74 Å². The van der Waals surface area contributed by atoms with Gasteiger partial charge in [-0.05, 0) is 24.3 Å². The standard InChI is InChI=1S/C17H20N4O2/c18-15-3-1-2-4-16(15)20-17(22)23-14-7-11-21(12-8-14)13-5-9-19-10-6-13/h1-6,9-10,14H,7-8,11-12,18H2,(H,20,22). The molecule has 2 aromatic rings. The van der Waals surface area contributed by atoms with E-state index in [1.54, 1.807) is 24.5 Å². The van der Waals surface area contributed by atoms with E-state index in [1.165, 1.54) is 0 Å². The largest absolute Gasteiger partial charge is 0.446 e. The molecule has 2 heterocycles. The van der Waals surface area contributed by atoms with Crippen molar-refractivity contribution in [1.82, 2.24) is 4.98 Å². The normalized spacial score (nSPS) is 15.2. The van der Waals surface area contributed by atoms with Gasteiger partial charge in [-0.3, -0.25) is 10.3 Å². The molecular weight excluding hydrogens is 292 g/mol. The van der Waals surface area contributed by atoms with E-state index in [2.05, 4.69) is 15.2 Å². The van der Waals surface area contributed by atoms with Crippen LogP contribution in [0.4, 0.5) is 21.9 Å². The van der Waals surface area contributed by atoms with Crippen molar-refractivity contribution in [3.63, 3.8) is 0 Å². The van der Waals surface area contributed by atoms with Crippen molar-refractivity contribution < 1.29 is 9.53 Å². The Bertz CT molecular complexity index is 655. The predicted octanol–water partition coefficient (Wildman–Crippen LogP) is 2.88. The molecule has 6 nitrogen and oxygen atoms in total. The van der Waals surface area contributed by atoms with Crippen molar-refractivity contribution >= 4 is 23.2 Å². The lowest BCUT2D eigenvalue weighted by molar-refractivity contribution is 0.0951. The molecule has 0 spiro atoms. The number of nitrogens with two attached hydrogens (primary N) is 1. The molecular formula is C17H20N4O2. The molecule has 0 saturated carbocycles. The average molecular weight is 312 g/mol. The van der Waals surface area contributed by atoms with Gasteiger partial charge in [0.05, 0.1) is 11.4 Å². The summed E-state index contributed by atoms with van der Waals surface area (Å²) in [6.07, 6.45) is 4.66. The molecule has 1 aromatic heterocycles. The van der Waals surface area contributed by atoms with Crippen LogP contribution in [0.15, 0.2) is 48.8 Å². The quantitative estimate of drug-likeness (QED) is 0.852. The highest BCUT2D eigenvalue weighted by molar-refractivity contribution is 5.88. The van der Waals surface area contributed by atoms with Crippen molar-refractivity contribution in [3.05, 3.63) is 48.8 Å². The lowest BCUT2D eigenvalue weighted by Gasteiger charge is -2.33. The zero-order chi connectivity index (χ0) is 16.1. The molecule has 120 valence electrons. The Morgan fingerprint density at radius 1 is 1.17 bits per heavy atom. The maximum atomic E-state index is 12.0. The second kappa shape index (κ2) is 7.00. The summed E-state index contributed by atoms with van der Waals surface area (Å²) in [5.41, 5.74) is 8.06. The fraction of sp³-hybridized carbons (Fsp3) is 0.294. The number of nitrogen functional groups attached to an aromatic ring is 1. The van der Waals surface area contributed by atoms with E-state index in [0.29, 0.717) is 11.4 Å². The highest BCUT2D eigenvalue weighted by Gasteiger charge is 2.22. The molecule has 0 aliphatic carbocycles. The number of ether oxygens (including phenoxy) is 1. The van der Waals surface area contributed by atoms with Gasteiger partial charge in [0.1, 0.15) is 6.10 Å². The summed E-state index contributed by atoms with van der Waals surface area (Å²) < 4.78 is 5.49. The summed E-state index contributed by atoms with van der Waals surface area (Å²) >= 11 is 0. The molecule has 0 radical (unpaired) electrons. The van der Waals surface area contributed by atoms with E-state index in [9.17, 15) is 4.79 Å². The van der Waals surface area contributed by atoms with Crippen LogP contribution in [0.2, 0.25) is 0 Å². The Hall–Kier alpha value is -2.76. The number of pyridine rings is 1. The van der Waals surface area contributed by atoms with Crippen molar-refractivity contribution in [3.8, 4) is 0 Å². The van der Waals surface area contributed by atoms with Crippen molar-refractivity contribution in [2.24, 2.45) is 0 Å². The Kier molecular flexibility index (Phi) is 4.61. The Balaban J connectivity index is 1.49. The van der Waals surface area contributed by atoms with Crippen molar-refractivity contribution in [2.45, 2.75) is 18.9 Å². The molecule has 1 aromatic carbocycles. The van der Waals surface area contributed by atoms with E-state index in [0.717, 1.165) is 31.6 Å². The van der Waals surface area contributed by atoms with Crippen LogP contribution in [0.3, 0.4) is 0 Å². The number of nitrogens with one attached hydrogen (secondary N) is 1. The molecule has 1 fully saturated rings. The first-order valence-electron chi connectivity index (χ1n) is 7.69. The van der Waals surface area contributed by atoms with Gasteiger partial charge in [-0.25, -0.2) is 4.79 Å². The zero-order valence-electron chi connectivity index (χ0n) is 12.8.